The number of phenolic OH excluding ortho intramolecular Hbond substituents is 1. The normalized spacial score (nSPS) is 10.8. The Labute approximate surface area is 130 Å². The largest absolute Gasteiger partial charge is 0.508 e. The van der Waals surface area contributed by atoms with Crippen LogP contribution >= 0.6 is 12.6 Å². The van der Waals surface area contributed by atoms with E-state index in [2.05, 4.69) is 12.6 Å². The van der Waals surface area contributed by atoms with E-state index in [1.807, 2.05) is 12.1 Å². The van der Waals surface area contributed by atoms with Gasteiger partial charge in [-0.25, -0.2) is 0 Å². The number of aromatic hydroxyl groups is 1. The molecule has 0 aliphatic rings. The molecule has 0 atom stereocenters. The van der Waals surface area contributed by atoms with Crippen LogP contribution in [0.5, 0.6) is 5.75 Å². The summed E-state index contributed by atoms with van der Waals surface area (Å²) in [6.07, 6.45) is 14.7. The fourth-order valence-corrected chi connectivity index (χ4v) is 2.74. The van der Waals surface area contributed by atoms with E-state index in [0.717, 1.165) is 12.2 Å². The number of benzene rings is 1. The minimum absolute atomic E-state index is 0.364. The first-order valence-electron chi connectivity index (χ1n) is 8.21. The SMILES string of the molecule is Oc1ccc(CCCCCCCCCCCCS)cc1. The van der Waals surface area contributed by atoms with Gasteiger partial charge in [-0.05, 0) is 42.7 Å². The standard InChI is InChI=1S/C18H30OS/c19-18-14-12-17(13-15-18)11-9-7-5-3-1-2-4-6-8-10-16-20/h12-15,19-20H,1-11,16H2. The molecular weight excluding hydrogens is 264 g/mol. The third-order valence-electron chi connectivity index (χ3n) is 3.81. The molecule has 0 aliphatic carbocycles. The summed E-state index contributed by atoms with van der Waals surface area (Å²) >= 11 is 4.23. The molecule has 0 saturated carbocycles. The molecule has 0 radical (unpaired) electrons. The van der Waals surface area contributed by atoms with Crippen molar-refractivity contribution in [2.75, 3.05) is 5.75 Å². The van der Waals surface area contributed by atoms with Crippen LogP contribution in [0.4, 0.5) is 0 Å². The minimum atomic E-state index is 0.364. The van der Waals surface area contributed by atoms with E-state index >= 15 is 0 Å². The molecule has 114 valence electrons. The lowest BCUT2D eigenvalue weighted by atomic mass is 10.0. The van der Waals surface area contributed by atoms with Crippen LogP contribution in [0.1, 0.15) is 69.8 Å². The van der Waals surface area contributed by atoms with Crippen molar-refractivity contribution in [2.24, 2.45) is 0 Å². The van der Waals surface area contributed by atoms with Crippen LogP contribution in [-0.4, -0.2) is 10.9 Å². The Morgan fingerprint density at radius 2 is 1.10 bits per heavy atom. The quantitative estimate of drug-likeness (QED) is 0.370. The van der Waals surface area contributed by atoms with E-state index in [9.17, 15) is 5.11 Å². The van der Waals surface area contributed by atoms with Crippen molar-refractivity contribution in [1.29, 1.82) is 0 Å². The highest BCUT2D eigenvalue weighted by atomic mass is 32.1. The lowest BCUT2D eigenvalue weighted by Gasteiger charge is -2.03. The van der Waals surface area contributed by atoms with Crippen molar-refractivity contribution < 1.29 is 5.11 Å². The van der Waals surface area contributed by atoms with Crippen molar-refractivity contribution in [3.8, 4) is 5.75 Å². The summed E-state index contributed by atoms with van der Waals surface area (Å²) in [6.45, 7) is 0. The van der Waals surface area contributed by atoms with Gasteiger partial charge in [0.05, 0.1) is 0 Å². The fourth-order valence-electron chi connectivity index (χ4n) is 2.52. The van der Waals surface area contributed by atoms with Gasteiger partial charge in [0, 0.05) is 0 Å². The van der Waals surface area contributed by atoms with Gasteiger partial charge in [-0.1, -0.05) is 63.5 Å². The number of unbranched alkanes of at least 4 members (excludes halogenated alkanes) is 9. The highest BCUT2D eigenvalue weighted by molar-refractivity contribution is 7.80. The molecule has 0 aromatic heterocycles. The van der Waals surface area contributed by atoms with Gasteiger partial charge >= 0.3 is 0 Å². The topological polar surface area (TPSA) is 20.2 Å². The molecule has 1 aromatic rings. The van der Waals surface area contributed by atoms with E-state index < -0.39 is 0 Å². The zero-order valence-corrected chi connectivity index (χ0v) is 13.6. The zero-order valence-electron chi connectivity index (χ0n) is 12.7. The second-order valence-corrected chi connectivity index (χ2v) is 6.12. The molecule has 0 saturated heterocycles. The van der Waals surface area contributed by atoms with Gasteiger partial charge in [0.15, 0.2) is 0 Å². The fraction of sp³-hybridized carbons (Fsp3) is 0.667. The van der Waals surface area contributed by atoms with Crippen LogP contribution in [0, 0.1) is 0 Å². The van der Waals surface area contributed by atoms with Gasteiger partial charge in [-0.15, -0.1) is 0 Å². The summed E-state index contributed by atoms with van der Waals surface area (Å²) in [6, 6.07) is 7.62. The number of hydrogen-bond acceptors (Lipinski definition) is 2. The summed E-state index contributed by atoms with van der Waals surface area (Å²) < 4.78 is 0. The number of rotatable bonds is 12. The van der Waals surface area contributed by atoms with Crippen molar-refractivity contribution in [1.82, 2.24) is 0 Å². The predicted molar refractivity (Wildman–Crippen MR) is 91.8 cm³/mol. The third-order valence-corrected chi connectivity index (χ3v) is 4.13. The first-order chi connectivity index (χ1) is 9.83. The second-order valence-electron chi connectivity index (χ2n) is 5.68. The van der Waals surface area contributed by atoms with E-state index in [0.29, 0.717) is 5.75 Å². The van der Waals surface area contributed by atoms with Crippen molar-refractivity contribution in [3.63, 3.8) is 0 Å². The molecule has 0 spiro atoms. The van der Waals surface area contributed by atoms with Crippen LogP contribution in [0.2, 0.25) is 0 Å². The van der Waals surface area contributed by atoms with Crippen LogP contribution in [-0.2, 0) is 6.42 Å². The Hall–Kier alpha value is -0.630. The van der Waals surface area contributed by atoms with Crippen LogP contribution in [0.15, 0.2) is 24.3 Å². The summed E-state index contributed by atoms with van der Waals surface area (Å²) in [7, 11) is 0. The van der Waals surface area contributed by atoms with Gasteiger partial charge in [0.2, 0.25) is 0 Å². The highest BCUT2D eigenvalue weighted by Gasteiger charge is 1.95. The molecule has 0 bridgehead atoms. The smallest absolute Gasteiger partial charge is 0.115 e. The van der Waals surface area contributed by atoms with Crippen LogP contribution in [0.3, 0.4) is 0 Å². The molecule has 0 fully saturated rings. The summed E-state index contributed by atoms with van der Waals surface area (Å²) in [4.78, 5) is 0. The van der Waals surface area contributed by atoms with Crippen LogP contribution in [0.25, 0.3) is 0 Å². The summed E-state index contributed by atoms with van der Waals surface area (Å²) in [5.74, 6) is 1.41. The predicted octanol–water partition coefficient (Wildman–Crippen LogP) is 5.77. The molecule has 1 aromatic carbocycles. The third kappa shape index (κ3) is 9.30. The average molecular weight is 295 g/mol. The molecule has 0 unspecified atom stereocenters. The van der Waals surface area contributed by atoms with Gasteiger partial charge in [0.25, 0.3) is 0 Å². The van der Waals surface area contributed by atoms with Crippen molar-refractivity contribution in [3.05, 3.63) is 29.8 Å². The Kier molecular flexibility index (Phi) is 10.6. The minimum Gasteiger partial charge on any atom is -0.508 e. The first kappa shape index (κ1) is 17.4. The monoisotopic (exact) mass is 294 g/mol. The number of hydrogen-bond donors (Lipinski definition) is 2. The number of thiol groups is 1. The van der Waals surface area contributed by atoms with Gasteiger partial charge in [-0.2, -0.15) is 12.6 Å². The van der Waals surface area contributed by atoms with Gasteiger partial charge in [0.1, 0.15) is 5.75 Å². The molecule has 20 heavy (non-hydrogen) atoms. The Balaban J connectivity index is 1.84. The first-order valence-corrected chi connectivity index (χ1v) is 8.85. The van der Waals surface area contributed by atoms with Crippen molar-refractivity contribution >= 4 is 12.6 Å². The Morgan fingerprint density at radius 1 is 0.650 bits per heavy atom. The second kappa shape index (κ2) is 12.1. The Bertz CT molecular complexity index is 321. The Morgan fingerprint density at radius 3 is 1.60 bits per heavy atom. The average Bonchev–Trinajstić information content (AvgIpc) is 2.47. The molecule has 0 amide bonds. The lowest BCUT2D eigenvalue weighted by Crippen LogP contribution is -1.86. The molecule has 1 rings (SSSR count). The highest BCUT2D eigenvalue weighted by Crippen LogP contribution is 2.14. The molecule has 0 aliphatic heterocycles. The van der Waals surface area contributed by atoms with E-state index in [1.165, 1.54) is 69.8 Å². The summed E-state index contributed by atoms with van der Waals surface area (Å²) in [5, 5.41) is 9.21. The number of aryl methyl sites for hydroxylation is 1. The molecule has 1 N–H and O–H groups in total. The maximum absolute atomic E-state index is 9.21. The lowest BCUT2D eigenvalue weighted by molar-refractivity contribution is 0.475. The van der Waals surface area contributed by atoms with E-state index in [1.54, 1.807) is 12.1 Å². The maximum atomic E-state index is 9.21. The molecule has 2 heteroatoms. The molecular formula is C18H30OS. The van der Waals surface area contributed by atoms with Crippen LogP contribution < -0.4 is 0 Å². The number of phenols is 1. The van der Waals surface area contributed by atoms with E-state index in [-0.39, 0.29) is 0 Å². The van der Waals surface area contributed by atoms with Gasteiger partial charge in [-0.3, -0.25) is 0 Å². The van der Waals surface area contributed by atoms with Crippen molar-refractivity contribution in [2.45, 2.75) is 70.6 Å². The maximum Gasteiger partial charge on any atom is 0.115 e. The molecule has 0 heterocycles. The summed E-state index contributed by atoms with van der Waals surface area (Å²) in [5.41, 5.74) is 1.34. The van der Waals surface area contributed by atoms with E-state index in [4.69, 9.17) is 0 Å². The molecule has 1 nitrogen and oxygen atoms in total. The zero-order chi connectivity index (χ0) is 14.5. The van der Waals surface area contributed by atoms with Gasteiger partial charge < -0.3 is 5.11 Å².